The number of carbonyl (C=O) groups is 2. The minimum atomic E-state index is -3.07. The average Bonchev–Trinajstić information content (AvgIpc) is 3.48. The van der Waals surface area contributed by atoms with Crippen LogP contribution in [0.1, 0.15) is 67.8 Å². The van der Waals surface area contributed by atoms with Crippen molar-refractivity contribution in [3.05, 3.63) is 83.2 Å². The molecule has 0 unspecified atom stereocenters. The molecule has 2 heterocycles. The number of guanidine groups is 1. The van der Waals surface area contributed by atoms with E-state index in [0.717, 1.165) is 27.0 Å². The van der Waals surface area contributed by atoms with Crippen LogP contribution >= 0.6 is 11.6 Å². The van der Waals surface area contributed by atoms with Gasteiger partial charge in [-0.2, -0.15) is 10.2 Å². The molecule has 4 aromatic rings. The van der Waals surface area contributed by atoms with Crippen LogP contribution in [0.4, 0.5) is 22.4 Å². The van der Waals surface area contributed by atoms with Crippen LogP contribution in [0.2, 0.25) is 5.02 Å². The fraction of sp³-hybridized carbons (Fsp3) is 0.394. The van der Waals surface area contributed by atoms with Crippen molar-refractivity contribution in [2.45, 2.75) is 63.3 Å². The van der Waals surface area contributed by atoms with Crippen LogP contribution < -0.4 is 10.6 Å². The van der Waals surface area contributed by atoms with Crippen molar-refractivity contribution in [3.8, 4) is 16.8 Å². The Balaban J connectivity index is 1.54. The summed E-state index contributed by atoms with van der Waals surface area (Å²) in [6.07, 6.45) is 0.433. The predicted molar refractivity (Wildman–Crippen MR) is 199 cm³/mol. The lowest BCUT2D eigenvalue weighted by atomic mass is 9.49. The molecule has 0 radical (unpaired) electrons. The Kier molecular flexibility index (Phi) is 11.4. The number of hydrogen-bond donors (Lipinski definition) is 3. The van der Waals surface area contributed by atoms with E-state index >= 15 is 0 Å². The van der Waals surface area contributed by atoms with Crippen molar-refractivity contribution < 1.29 is 31.9 Å². The summed E-state index contributed by atoms with van der Waals surface area (Å²) in [7, 11) is 6.05. The smallest absolute Gasteiger partial charge is 0.407 e. The molecular formula is C33H39B3ClF4N9O3. The standard InChI is InChI=1S/C33H39B3ClF4N9O3/c1-31(2,3)10-11-43-29(42)49(28(51)19-6-4-18(5-7-19)21-14-45-48(15-21)33(34,35)36)24(16-53-30(52)47-25-13-32(25,40)41)20-8-9-22(37)23(12-20)50-27(26(38)39)44-17-46-50/h4-9,12,14-15,17,24-26H,10-11,13,16,34-36H2,1-3H3,(H2,42,43)(H,47,52)/t24-,25+/m1/s1. The number of aromatic nitrogens is 5. The number of hydrogen-bond acceptors (Lipinski definition) is 7. The number of halogens is 5. The van der Waals surface area contributed by atoms with Gasteiger partial charge in [0.05, 0.1) is 22.9 Å². The van der Waals surface area contributed by atoms with Crippen LogP contribution in [0.15, 0.2) is 61.2 Å². The molecule has 0 aliphatic heterocycles. The van der Waals surface area contributed by atoms with E-state index in [-0.39, 0.29) is 45.0 Å². The van der Waals surface area contributed by atoms with Gasteiger partial charge in [-0.1, -0.05) is 50.6 Å². The molecule has 53 heavy (non-hydrogen) atoms. The molecule has 1 saturated carbocycles. The molecule has 2 aromatic heterocycles. The number of alkyl carbamates (subject to hydrolysis) is 1. The quantitative estimate of drug-likeness (QED) is 0.0871. The molecule has 20 heteroatoms. The highest BCUT2D eigenvalue weighted by molar-refractivity contribution is 6.56. The summed E-state index contributed by atoms with van der Waals surface area (Å²) in [6.45, 7) is 5.71. The SMILES string of the molecule is BC(B)(B)n1cc(-c2ccc(C(=O)N(C(=N)NCCC(C)(C)C)[C@H](COC(=O)N[C@H]3CC3(F)F)c3ccc(Cl)c(-n4ncnc4C(F)F)c3)cc2)cn1. The topological polar surface area (TPSA) is 143 Å². The maximum atomic E-state index is 14.5. The van der Waals surface area contributed by atoms with E-state index in [1.807, 2.05) is 55.2 Å². The minimum absolute atomic E-state index is 0.0103. The Morgan fingerprint density at radius 1 is 1.11 bits per heavy atom. The predicted octanol–water partition coefficient (Wildman–Crippen LogP) is 3.47. The van der Waals surface area contributed by atoms with Crippen molar-refractivity contribution in [1.29, 1.82) is 5.41 Å². The number of rotatable bonds is 12. The molecule has 0 bridgehead atoms. The zero-order chi connectivity index (χ0) is 38.9. The van der Waals surface area contributed by atoms with Gasteiger partial charge in [0.15, 0.2) is 11.8 Å². The zero-order valence-corrected chi connectivity index (χ0v) is 30.9. The Morgan fingerprint density at radius 3 is 2.38 bits per heavy atom. The summed E-state index contributed by atoms with van der Waals surface area (Å²) in [6, 6.07) is 8.16. The zero-order valence-electron chi connectivity index (χ0n) is 30.1. The van der Waals surface area contributed by atoms with Crippen molar-refractivity contribution in [3.63, 3.8) is 0 Å². The van der Waals surface area contributed by atoms with Crippen molar-refractivity contribution in [2.75, 3.05) is 13.2 Å². The molecule has 5 rings (SSSR count). The van der Waals surface area contributed by atoms with E-state index in [1.165, 1.54) is 18.2 Å². The van der Waals surface area contributed by atoms with E-state index in [0.29, 0.717) is 6.42 Å². The molecular weight excluding hydrogens is 714 g/mol. The first kappa shape index (κ1) is 39.4. The largest absolute Gasteiger partial charge is 0.447 e. The highest BCUT2D eigenvalue weighted by Crippen LogP contribution is 2.41. The Labute approximate surface area is 311 Å². The van der Waals surface area contributed by atoms with Crippen molar-refractivity contribution >= 4 is 53.1 Å². The highest BCUT2D eigenvalue weighted by atomic mass is 35.5. The van der Waals surface area contributed by atoms with Gasteiger partial charge in [-0.25, -0.2) is 32.0 Å². The average molecular weight is 754 g/mol. The van der Waals surface area contributed by atoms with Crippen molar-refractivity contribution in [1.82, 2.24) is 40.1 Å². The number of benzene rings is 2. The van der Waals surface area contributed by atoms with Crippen molar-refractivity contribution in [2.24, 2.45) is 5.41 Å². The molecule has 2 atom stereocenters. The van der Waals surface area contributed by atoms with Gasteiger partial charge in [-0.15, -0.1) is 0 Å². The molecule has 2 aromatic carbocycles. The molecule has 1 aliphatic rings. The van der Waals surface area contributed by atoms with Crippen LogP contribution in [0.25, 0.3) is 16.8 Å². The van der Waals surface area contributed by atoms with Gasteiger partial charge in [0.25, 0.3) is 18.3 Å². The third kappa shape index (κ3) is 9.61. The fourth-order valence-electron chi connectivity index (χ4n) is 5.34. The maximum absolute atomic E-state index is 14.5. The van der Waals surface area contributed by atoms with Gasteiger partial charge >= 0.3 is 6.09 Å². The van der Waals surface area contributed by atoms with Gasteiger partial charge in [-0.3, -0.25) is 19.8 Å². The summed E-state index contributed by atoms with van der Waals surface area (Å²) in [4.78, 5) is 31.9. The lowest BCUT2D eigenvalue weighted by Crippen LogP contribution is -2.48. The summed E-state index contributed by atoms with van der Waals surface area (Å²) < 4.78 is 63.0. The number of nitrogens with zero attached hydrogens (tertiary/aromatic N) is 6. The first-order chi connectivity index (χ1) is 24.7. The first-order valence-corrected chi connectivity index (χ1v) is 17.2. The molecule has 1 fully saturated rings. The summed E-state index contributed by atoms with van der Waals surface area (Å²) >= 11 is 6.45. The van der Waals surface area contributed by atoms with Crippen LogP contribution in [0.3, 0.4) is 0 Å². The van der Waals surface area contributed by atoms with E-state index in [9.17, 15) is 27.2 Å². The van der Waals surface area contributed by atoms with E-state index < -0.39 is 55.3 Å². The summed E-state index contributed by atoms with van der Waals surface area (Å²) in [5, 5.41) is 22.3. The minimum Gasteiger partial charge on any atom is -0.447 e. The summed E-state index contributed by atoms with van der Waals surface area (Å²) in [5.74, 6) is -4.80. The van der Waals surface area contributed by atoms with Crippen LogP contribution in [0.5, 0.6) is 0 Å². The Bertz CT molecular complexity index is 1970. The number of ether oxygens (including phenoxy) is 1. The number of nitrogens with one attached hydrogen (secondary N) is 3. The monoisotopic (exact) mass is 753 g/mol. The third-order valence-corrected chi connectivity index (χ3v) is 8.84. The normalized spacial score (nSPS) is 15.8. The van der Waals surface area contributed by atoms with Gasteiger partial charge in [0.1, 0.15) is 42.5 Å². The van der Waals surface area contributed by atoms with Crippen LogP contribution in [-0.2, 0) is 9.97 Å². The lowest BCUT2D eigenvalue weighted by molar-refractivity contribution is 0.0681. The molecule has 0 saturated heterocycles. The molecule has 2 amide bonds. The van der Waals surface area contributed by atoms with Gasteiger partial charge in [0.2, 0.25) is 0 Å². The second kappa shape index (κ2) is 15.3. The van der Waals surface area contributed by atoms with E-state index in [1.54, 1.807) is 30.5 Å². The molecule has 0 spiro atoms. The summed E-state index contributed by atoms with van der Waals surface area (Å²) in [5.41, 5.74) is 1.80. The van der Waals surface area contributed by atoms with E-state index in [2.05, 4.69) is 25.8 Å². The number of carbonyl (C=O) groups excluding carboxylic acids is 2. The number of alkyl halides is 4. The second-order valence-electron chi connectivity index (χ2n) is 15.0. The lowest BCUT2D eigenvalue weighted by Gasteiger charge is -2.33. The number of amides is 2. The maximum Gasteiger partial charge on any atom is 0.407 e. The Morgan fingerprint density at radius 2 is 1.79 bits per heavy atom. The molecule has 3 N–H and O–H groups in total. The molecule has 1 aliphatic carbocycles. The first-order valence-electron chi connectivity index (χ1n) is 16.9. The second-order valence-corrected chi connectivity index (χ2v) is 15.4. The van der Waals surface area contributed by atoms with Crippen LogP contribution in [0, 0.1) is 10.8 Å². The van der Waals surface area contributed by atoms with Crippen LogP contribution in [-0.4, -0.2) is 96.1 Å². The molecule has 278 valence electrons. The van der Waals surface area contributed by atoms with E-state index in [4.69, 9.17) is 21.7 Å². The fourth-order valence-corrected chi connectivity index (χ4v) is 5.53. The molecule has 12 nitrogen and oxygen atoms in total. The highest BCUT2D eigenvalue weighted by Gasteiger charge is 2.58. The van der Waals surface area contributed by atoms with Gasteiger partial charge < -0.3 is 15.4 Å². The third-order valence-electron chi connectivity index (χ3n) is 8.52. The van der Waals surface area contributed by atoms with Gasteiger partial charge in [0, 0.05) is 30.3 Å². The Hall–Kier alpha value is -4.80. The van der Waals surface area contributed by atoms with Gasteiger partial charge in [-0.05, 0) is 52.5 Å².